The van der Waals surface area contributed by atoms with Crippen molar-refractivity contribution in [3.63, 3.8) is 0 Å². The summed E-state index contributed by atoms with van der Waals surface area (Å²) < 4.78 is 42.9. The summed E-state index contributed by atoms with van der Waals surface area (Å²) in [6.07, 6.45) is -2.66. The average molecular weight is 312 g/mol. The summed E-state index contributed by atoms with van der Waals surface area (Å²) in [4.78, 5) is 2.03. The van der Waals surface area contributed by atoms with Gasteiger partial charge < -0.3 is 9.73 Å². The first-order chi connectivity index (χ1) is 10.4. The molecule has 0 saturated heterocycles. The minimum Gasteiger partial charge on any atom is -0.468 e. The van der Waals surface area contributed by atoms with E-state index in [0.29, 0.717) is 13.1 Å². The van der Waals surface area contributed by atoms with Gasteiger partial charge in [-0.05, 0) is 43.9 Å². The quantitative estimate of drug-likeness (QED) is 0.882. The van der Waals surface area contributed by atoms with Gasteiger partial charge in [-0.1, -0.05) is 12.1 Å². The van der Waals surface area contributed by atoms with Gasteiger partial charge in [0.2, 0.25) is 0 Å². The highest BCUT2D eigenvalue weighted by atomic mass is 19.4. The summed E-state index contributed by atoms with van der Waals surface area (Å²) in [6.45, 7) is 1.14. The first-order valence-corrected chi connectivity index (χ1v) is 6.94. The Kier molecular flexibility index (Phi) is 5.26. The summed E-state index contributed by atoms with van der Waals surface area (Å²) in [5.41, 5.74) is 0.183. The zero-order valence-electron chi connectivity index (χ0n) is 12.5. The first-order valence-electron chi connectivity index (χ1n) is 6.94. The van der Waals surface area contributed by atoms with Gasteiger partial charge in [0, 0.05) is 13.1 Å². The highest BCUT2D eigenvalue weighted by Gasteiger charge is 2.29. The Morgan fingerprint density at radius 3 is 2.32 bits per heavy atom. The van der Waals surface area contributed by atoms with Crippen molar-refractivity contribution in [2.45, 2.75) is 18.8 Å². The Hall–Kier alpha value is -1.79. The van der Waals surface area contributed by atoms with E-state index in [1.54, 1.807) is 6.26 Å². The number of benzene rings is 1. The average Bonchev–Trinajstić information content (AvgIpc) is 2.96. The van der Waals surface area contributed by atoms with Crippen molar-refractivity contribution < 1.29 is 17.6 Å². The van der Waals surface area contributed by atoms with Gasteiger partial charge in [-0.15, -0.1) is 0 Å². The second-order valence-corrected chi connectivity index (χ2v) is 5.32. The molecule has 0 aliphatic rings. The number of hydrogen-bond donors (Lipinski definition) is 1. The molecule has 1 unspecified atom stereocenters. The Balaban J connectivity index is 1.90. The number of rotatable bonds is 6. The third-order valence-electron chi connectivity index (χ3n) is 3.44. The first kappa shape index (κ1) is 16.6. The zero-order chi connectivity index (χ0) is 16.2. The van der Waals surface area contributed by atoms with Crippen molar-refractivity contribution in [1.82, 2.24) is 10.2 Å². The summed E-state index contributed by atoms with van der Waals surface area (Å²) in [5, 5.41) is 3.25. The molecule has 1 atom stereocenters. The van der Waals surface area contributed by atoms with Crippen LogP contribution in [0.15, 0.2) is 47.1 Å². The molecular weight excluding hydrogens is 293 g/mol. The van der Waals surface area contributed by atoms with E-state index in [-0.39, 0.29) is 6.04 Å². The van der Waals surface area contributed by atoms with Gasteiger partial charge in [-0.2, -0.15) is 13.2 Å². The molecule has 0 aliphatic carbocycles. The van der Waals surface area contributed by atoms with E-state index in [4.69, 9.17) is 4.42 Å². The van der Waals surface area contributed by atoms with Crippen LogP contribution < -0.4 is 5.32 Å². The summed E-state index contributed by atoms with van der Waals surface area (Å²) in [5.74, 6) is 0.852. The number of nitrogens with zero attached hydrogens (tertiary/aromatic N) is 1. The number of alkyl halides is 3. The van der Waals surface area contributed by atoms with Gasteiger partial charge >= 0.3 is 6.18 Å². The Morgan fingerprint density at radius 1 is 1.14 bits per heavy atom. The second kappa shape index (κ2) is 6.98. The monoisotopic (exact) mass is 312 g/mol. The van der Waals surface area contributed by atoms with E-state index >= 15 is 0 Å². The highest BCUT2D eigenvalue weighted by Crippen LogP contribution is 2.29. The van der Waals surface area contributed by atoms with Crippen LogP contribution in [0.2, 0.25) is 0 Å². The number of hydrogen-bond acceptors (Lipinski definition) is 3. The summed E-state index contributed by atoms with van der Waals surface area (Å²) >= 11 is 0. The fourth-order valence-corrected chi connectivity index (χ4v) is 2.18. The van der Waals surface area contributed by atoms with Crippen LogP contribution in [0, 0.1) is 0 Å². The number of nitrogens with one attached hydrogen (secondary N) is 1. The molecule has 1 N–H and O–H groups in total. The molecule has 22 heavy (non-hydrogen) atoms. The normalized spacial score (nSPS) is 13.5. The Bertz CT molecular complexity index is 562. The number of likely N-dealkylation sites (N-methyl/N-ethyl adjacent to an activating group) is 1. The van der Waals surface area contributed by atoms with Crippen molar-refractivity contribution in [2.75, 3.05) is 20.6 Å². The maximum Gasteiger partial charge on any atom is 0.416 e. The molecule has 1 heterocycles. The Morgan fingerprint density at radius 2 is 1.82 bits per heavy atom. The van der Waals surface area contributed by atoms with Crippen molar-refractivity contribution in [2.24, 2.45) is 0 Å². The fraction of sp³-hybridized carbons (Fsp3) is 0.375. The topological polar surface area (TPSA) is 28.4 Å². The molecule has 0 aliphatic heterocycles. The van der Waals surface area contributed by atoms with Gasteiger partial charge in [0.05, 0.1) is 17.9 Å². The summed E-state index contributed by atoms with van der Waals surface area (Å²) in [7, 11) is 3.90. The van der Waals surface area contributed by atoms with E-state index in [1.165, 1.54) is 12.1 Å². The molecule has 0 radical (unpaired) electrons. The molecule has 1 aromatic carbocycles. The third kappa shape index (κ3) is 4.35. The maximum atomic E-state index is 12.5. The molecule has 0 bridgehead atoms. The Labute approximate surface area is 127 Å². The van der Waals surface area contributed by atoms with Gasteiger partial charge in [0.15, 0.2) is 0 Å². The molecular formula is C16H19F3N2O. The highest BCUT2D eigenvalue weighted by molar-refractivity contribution is 5.24. The van der Waals surface area contributed by atoms with Crippen LogP contribution in [0.1, 0.15) is 22.9 Å². The van der Waals surface area contributed by atoms with Crippen LogP contribution in [0.3, 0.4) is 0 Å². The van der Waals surface area contributed by atoms with Gasteiger partial charge in [-0.25, -0.2) is 0 Å². The minimum atomic E-state index is -4.29. The van der Waals surface area contributed by atoms with Crippen molar-refractivity contribution in [1.29, 1.82) is 0 Å². The van der Waals surface area contributed by atoms with E-state index < -0.39 is 11.7 Å². The molecule has 120 valence electrons. The van der Waals surface area contributed by atoms with E-state index in [9.17, 15) is 13.2 Å². The van der Waals surface area contributed by atoms with Crippen LogP contribution in [-0.4, -0.2) is 25.5 Å². The number of halogens is 3. The molecule has 0 amide bonds. The van der Waals surface area contributed by atoms with Gasteiger partial charge in [0.25, 0.3) is 0 Å². The van der Waals surface area contributed by atoms with Crippen LogP contribution >= 0.6 is 0 Å². The van der Waals surface area contributed by atoms with Crippen molar-refractivity contribution >= 4 is 0 Å². The predicted octanol–water partition coefficient (Wildman–Crippen LogP) is 3.69. The zero-order valence-corrected chi connectivity index (χ0v) is 12.5. The molecule has 2 aromatic rings. The van der Waals surface area contributed by atoms with Crippen LogP contribution in [0.25, 0.3) is 0 Å². The molecule has 0 saturated carbocycles. The molecule has 3 nitrogen and oxygen atoms in total. The van der Waals surface area contributed by atoms with Crippen LogP contribution in [0.5, 0.6) is 0 Å². The fourth-order valence-electron chi connectivity index (χ4n) is 2.18. The SMILES string of the molecule is CN(C)C(CNCc1ccc(C(F)(F)F)cc1)c1ccco1. The van der Waals surface area contributed by atoms with Crippen LogP contribution in [0.4, 0.5) is 13.2 Å². The minimum absolute atomic E-state index is 0.0736. The van der Waals surface area contributed by atoms with Gasteiger partial charge in [0.1, 0.15) is 5.76 Å². The van der Waals surface area contributed by atoms with Crippen LogP contribution in [-0.2, 0) is 12.7 Å². The molecule has 0 spiro atoms. The smallest absolute Gasteiger partial charge is 0.416 e. The lowest BCUT2D eigenvalue weighted by atomic mass is 10.1. The van der Waals surface area contributed by atoms with Gasteiger partial charge in [-0.3, -0.25) is 4.90 Å². The van der Waals surface area contributed by atoms with E-state index in [1.807, 2.05) is 31.1 Å². The lowest BCUT2D eigenvalue weighted by Gasteiger charge is -2.22. The predicted molar refractivity (Wildman–Crippen MR) is 78.3 cm³/mol. The maximum absolute atomic E-state index is 12.5. The molecule has 6 heteroatoms. The third-order valence-corrected chi connectivity index (χ3v) is 3.44. The largest absolute Gasteiger partial charge is 0.468 e. The standard InChI is InChI=1S/C16H19F3N2O/c1-21(2)14(15-4-3-9-22-15)11-20-10-12-5-7-13(8-6-12)16(17,18)19/h3-9,14,20H,10-11H2,1-2H3. The lowest BCUT2D eigenvalue weighted by molar-refractivity contribution is -0.137. The van der Waals surface area contributed by atoms with Crippen molar-refractivity contribution in [3.05, 3.63) is 59.5 Å². The summed E-state index contributed by atoms with van der Waals surface area (Å²) in [6, 6.07) is 9.01. The van der Waals surface area contributed by atoms with E-state index in [0.717, 1.165) is 23.5 Å². The molecule has 2 rings (SSSR count). The van der Waals surface area contributed by atoms with E-state index in [2.05, 4.69) is 5.32 Å². The van der Waals surface area contributed by atoms with Crippen molar-refractivity contribution in [3.8, 4) is 0 Å². The second-order valence-electron chi connectivity index (χ2n) is 5.32. The lowest BCUT2D eigenvalue weighted by Crippen LogP contribution is -2.30. The molecule has 0 fully saturated rings. The number of furan rings is 1. The molecule has 1 aromatic heterocycles.